The maximum absolute atomic E-state index is 11.1. The number of nitrogens with one attached hydrogen (secondary N) is 1. The number of rotatable bonds is 3. The molecule has 108 valence electrons. The SMILES string of the molecule is O=C(O)c1cccc(-c2nccnc2[C@H]2CCCNC2)c1. The molecule has 2 heterocycles. The van der Waals surface area contributed by atoms with Crippen LogP contribution in [0.5, 0.6) is 0 Å². The molecule has 1 fully saturated rings. The second kappa shape index (κ2) is 6.01. The molecule has 1 aromatic carbocycles. The summed E-state index contributed by atoms with van der Waals surface area (Å²) in [5, 5.41) is 12.5. The van der Waals surface area contributed by atoms with E-state index in [-0.39, 0.29) is 5.56 Å². The lowest BCUT2D eigenvalue weighted by Crippen LogP contribution is -2.29. The Morgan fingerprint density at radius 3 is 2.90 bits per heavy atom. The Kier molecular flexibility index (Phi) is 3.92. The van der Waals surface area contributed by atoms with Gasteiger partial charge in [-0.3, -0.25) is 9.97 Å². The molecular weight excluding hydrogens is 266 g/mol. The number of hydrogen-bond acceptors (Lipinski definition) is 4. The molecule has 1 saturated heterocycles. The summed E-state index contributed by atoms with van der Waals surface area (Å²) in [6.07, 6.45) is 5.56. The summed E-state index contributed by atoms with van der Waals surface area (Å²) >= 11 is 0. The lowest BCUT2D eigenvalue weighted by molar-refractivity contribution is 0.0697. The number of carboxylic acids is 1. The lowest BCUT2D eigenvalue weighted by atomic mass is 9.92. The molecule has 1 aromatic heterocycles. The minimum Gasteiger partial charge on any atom is -0.478 e. The Morgan fingerprint density at radius 2 is 2.14 bits per heavy atom. The predicted molar refractivity (Wildman–Crippen MR) is 79.3 cm³/mol. The number of hydrogen-bond donors (Lipinski definition) is 2. The highest BCUT2D eigenvalue weighted by Crippen LogP contribution is 2.29. The molecular formula is C16H17N3O2. The number of aromatic carboxylic acids is 1. The van der Waals surface area contributed by atoms with E-state index in [9.17, 15) is 4.79 Å². The molecule has 0 aliphatic carbocycles. The highest BCUT2D eigenvalue weighted by atomic mass is 16.4. The van der Waals surface area contributed by atoms with E-state index in [0.29, 0.717) is 5.92 Å². The molecule has 5 nitrogen and oxygen atoms in total. The van der Waals surface area contributed by atoms with Gasteiger partial charge in [-0.1, -0.05) is 12.1 Å². The van der Waals surface area contributed by atoms with Crippen LogP contribution in [0.25, 0.3) is 11.3 Å². The van der Waals surface area contributed by atoms with E-state index in [2.05, 4.69) is 15.3 Å². The van der Waals surface area contributed by atoms with Crippen LogP contribution in [0.3, 0.4) is 0 Å². The maximum atomic E-state index is 11.1. The Bertz CT molecular complexity index is 651. The van der Waals surface area contributed by atoms with E-state index in [4.69, 9.17) is 5.11 Å². The van der Waals surface area contributed by atoms with Gasteiger partial charge in [-0.2, -0.15) is 0 Å². The van der Waals surface area contributed by atoms with Crippen LogP contribution in [-0.4, -0.2) is 34.1 Å². The van der Waals surface area contributed by atoms with Crippen molar-refractivity contribution in [3.63, 3.8) is 0 Å². The van der Waals surface area contributed by atoms with Gasteiger partial charge in [0.05, 0.1) is 17.0 Å². The molecule has 5 heteroatoms. The fourth-order valence-electron chi connectivity index (χ4n) is 2.75. The number of nitrogens with zero attached hydrogens (tertiary/aromatic N) is 2. The third-order valence-electron chi connectivity index (χ3n) is 3.79. The van der Waals surface area contributed by atoms with Gasteiger partial charge in [0.1, 0.15) is 0 Å². The fourth-order valence-corrected chi connectivity index (χ4v) is 2.75. The zero-order valence-electron chi connectivity index (χ0n) is 11.6. The number of aromatic nitrogens is 2. The Morgan fingerprint density at radius 1 is 1.29 bits per heavy atom. The van der Waals surface area contributed by atoms with Crippen LogP contribution in [0, 0.1) is 0 Å². The van der Waals surface area contributed by atoms with Gasteiger partial charge in [-0.05, 0) is 31.5 Å². The minimum absolute atomic E-state index is 0.269. The first-order valence-corrected chi connectivity index (χ1v) is 7.11. The van der Waals surface area contributed by atoms with Crippen molar-refractivity contribution in [2.75, 3.05) is 13.1 Å². The first-order chi connectivity index (χ1) is 10.3. The Balaban J connectivity index is 2.02. The minimum atomic E-state index is -0.929. The van der Waals surface area contributed by atoms with Crippen LogP contribution in [0.4, 0.5) is 0 Å². The van der Waals surface area contributed by atoms with Crippen molar-refractivity contribution in [3.8, 4) is 11.3 Å². The highest BCUT2D eigenvalue weighted by Gasteiger charge is 2.21. The molecule has 0 spiro atoms. The normalized spacial score (nSPS) is 18.4. The van der Waals surface area contributed by atoms with Gasteiger partial charge >= 0.3 is 5.97 Å². The first-order valence-electron chi connectivity index (χ1n) is 7.11. The Labute approximate surface area is 123 Å². The molecule has 0 saturated carbocycles. The molecule has 3 rings (SSSR count). The zero-order chi connectivity index (χ0) is 14.7. The van der Waals surface area contributed by atoms with Crippen LogP contribution in [0.1, 0.15) is 34.8 Å². The topological polar surface area (TPSA) is 75.1 Å². The van der Waals surface area contributed by atoms with Crippen molar-refractivity contribution in [1.29, 1.82) is 0 Å². The largest absolute Gasteiger partial charge is 0.478 e. The summed E-state index contributed by atoms with van der Waals surface area (Å²) in [5.41, 5.74) is 2.82. The molecule has 2 N–H and O–H groups in total. The quantitative estimate of drug-likeness (QED) is 0.904. The van der Waals surface area contributed by atoms with Crippen molar-refractivity contribution in [3.05, 3.63) is 47.9 Å². The second-order valence-corrected chi connectivity index (χ2v) is 5.22. The zero-order valence-corrected chi connectivity index (χ0v) is 11.6. The fraction of sp³-hybridized carbons (Fsp3) is 0.312. The van der Waals surface area contributed by atoms with Crippen molar-refractivity contribution in [1.82, 2.24) is 15.3 Å². The summed E-state index contributed by atoms with van der Waals surface area (Å²) in [5.74, 6) is -0.599. The van der Waals surface area contributed by atoms with Crippen LogP contribution in [0.15, 0.2) is 36.7 Å². The molecule has 1 aliphatic heterocycles. The van der Waals surface area contributed by atoms with E-state index in [1.165, 1.54) is 0 Å². The van der Waals surface area contributed by atoms with Gasteiger partial charge in [0.15, 0.2) is 0 Å². The molecule has 1 atom stereocenters. The summed E-state index contributed by atoms with van der Waals surface area (Å²) in [4.78, 5) is 20.1. The van der Waals surface area contributed by atoms with Gasteiger partial charge < -0.3 is 10.4 Å². The average Bonchev–Trinajstić information content (AvgIpc) is 2.56. The highest BCUT2D eigenvalue weighted by molar-refractivity contribution is 5.89. The third kappa shape index (κ3) is 2.92. The maximum Gasteiger partial charge on any atom is 0.335 e. The van der Waals surface area contributed by atoms with E-state index in [1.807, 2.05) is 6.07 Å². The second-order valence-electron chi connectivity index (χ2n) is 5.22. The Hall–Kier alpha value is -2.27. The van der Waals surface area contributed by atoms with Gasteiger partial charge in [0.25, 0.3) is 0 Å². The molecule has 0 radical (unpaired) electrons. The smallest absolute Gasteiger partial charge is 0.335 e. The molecule has 1 aliphatic rings. The average molecular weight is 283 g/mol. The van der Waals surface area contributed by atoms with Gasteiger partial charge in [0.2, 0.25) is 0 Å². The lowest BCUT2D eigenvalue weighted by Gasteiger charge is -2.23. The summed E-state index contributed by atoms with van der Waals surface area (Å²) in [6.45, 7) is 1.94. The standard InChI is InChI=1S/C16H17N3O2/c20-16(21)12-4-1-3-11(9-12)14-15(19-8-7-18-14)13-5-2-6-17-10-13/h1,3-4,7-9,13,17H,2,5-6,10H2,(H,20,21)/t13-/m0/s1. The van der Waals surface area contributed by atoms with Gasteiger partial charge in [-0.15, -0.1) is 0 Å². The predicted octanol–water partition coefficient (Wildman–Crippen LogP) is 2.31. The first kappa shape index (κ1) is 13.7. The van der Waals surface area contributed by atoms with Gasteiger partial charge in [-0.25, -0.2) is 4.79 Å². The molecule has 21 heavy (non-hydrogen) atoms. The van der Waals surface area contributed by atoms with Gasteiger partial charge in [0, 0.05) is 30.4 Å². The number of piperidine rings is 1. The van der Waals surface area contributed by atoms with Crippen LogP contribution in [-0.2, 0) is 0 Å². The third-order valence-corrected chi connectivity index (χ3v) is 3.79. The van der Waals surface area contributed by atoms with E-state index >= 15 is 0 Å². The number of carboxylic acid groups (broad SMARTS) is 1. The molecule has 0 bridgehead atoms. The molecule has 2 aromatic rings. The number of benzene rings is 1. The monoisotopic (exact) mass is 283 g/mol. The van der Waals surface area contributed by atoms with E-state index < -0.39 is 5.97 Å². The van der Waals surface area contributed by atoms with Crippen LogP contribution in [0.2, 0.25) is 0 Å². The number of carbonyl (C=O) groups is 1. The van der Waals surface area contributed by atoms with Crippen LogP contribution >= 0.6 is 0 Å². The van der Waals surface area contributed by atoms with Crippen molar-refractivity contribution in [2.24, 2.45) is 0 Å². The van der Waals surface area contributed by atoms with Crippen molar-refractivity contribution < 1.29 is 9.90 Å². The van der Waals surface area contributed by atoms with E-state index in [0.717, 1.165) is 42.9 Å². The molecule has 0 amide bonds. The summed E-state index contributed by atoms with van der Waals surface area (Å²) in [6, 6.07) is 6.88. The molecule has 0 unspecified atom stereocenters. The summed E-state index contributed by atoms with van der Waals surface area (Å²) in [7, 11) is 0. The van der Waals surface area contributed by atoms with Crippen LogP contribution < -0.4 is 5.32 Å². The van der Waals surface area contributed by atoms with Crippen molar-refractivity contribution in [2.45, 2.75) is 18.8 Å². The summed E-state index contributed by atoms with van der Waals surface area (Å²) < 4.78 is 0. The van der Waals surface area contributed by atoms with E-state index in [1.54, 1.807) is 30.6 Å². The van der Waals surface area contributed by atoms with Crippen molar-refractivity contribution >= 4 is 5.97 Å².